The minimum absolute atomic E-state index is 0.0459. The van der Waals surface area contributed by atoms with Crippen LogP contribution in [-0.4, -0.2) is 61.4 Å². The van der Waals surface area contributed by atoms with Crippen LogP contribution in [0.2, 0.25) is 0 Å². The second kappa shape index (κ2) is 8.45. The third-order valence-corrected chi connectivity index (χ3v) is 3.34. The molecule has 106 valence electrons. The molecule has 0 aromatic rings. The molecule has 1 saturated heterocycles. The number of rotatable bonds is 7. The fourth-order valence-electron chi connectivity index (χ4n) is 2.46. The van der Waals surface area contributed by atoms with Gasteiger partial charge in [0.25, 0.3) is 0 Å². The maximum absolute atomic E-state index is 11.7. The maximum atomic E-state index is 11.7. The predicted octanol–water partition coefficient (Wildman–Crippen LogP) is 0.374. The average Bonchev–Trinajstić information content (AvgIpc) is 2.31. The number of aliphatic hydroxyl groups excluding tert-OH is 1. The van der Waals surface area contributed by atoms with Crippen molar-refractivity contribution < 1.29 is 14.6 Å². The summed E-state index contributed by atoms with van der Waals surface area (Å²) >= 11 is 0. The first-order chi connectivity index (χ1) is 8.63. The first-order valence-corrected chi connectivity index (χ1v) is 6.81. The molecule has 1 aliphatic rings. The summed E-state index contributed by atoms with van der Waals surface area (Å²) in [5, 5.41) is 12.3. The maximum Gasteiger partial charge on any atom is 0.234 e. The first kappa shape index (κ1) is 15.4. The van der Waals surface area contributed by atoms with Gasteiger partial charge in [-0.1, -0.05) is 6.42 Å². The lowest BCUT2D eigenvalue weighted by atomic mass is 9.97. The van der Waals surface area contributed by atoms with Crippen molar-refractivity contribution in [1.29, 1.82) is 0 Å². The number of carbonyl (C=O) groups is 1. The van der Waals surface area contributed by atoms with Crippen molar-refractivity contribution in [2.24, 2.45) is 0 Å². The molecule has 0 radical (unpaired) electrons. The zero-order chi connectivity index (χ0) is 13.4. The van der Waals surface area contributed by atoms with Crippen LogP contribution in [0.15, 0.2) is 0 Å². The molecule has 0 spiro atoms. The molecule has 0 aliphatic carbocycles. The van der Waals surface area contributed by atoms with Gasteiger partial charge in [-0.05, 0) is 32.7 Å². The number of hydrogen-bond acceptors (Lipinski definition) is 4. The van der Waals surface area contributed by atoms with Crippen LogP contribution < -0.4 is 5.32 Å². The van der Waals surface area contributed by atoms with Gasteiger partial charge in [-0.25, -0.2) is 0 Å². The predicted molar refractivity (Wildman–Crippen MR) is 70.4 cm³/mol. The third kappa shape index (κ3) is 5.80. The summed E-state index contributed by atoms with van der Waals surface area (Å²) in [6, 6.07) is 0.340. The molecular formula is C13H26N2O3. The summed E-state index contributed by atoms with van der Waals surface area (Å²) in [5.74, 6) is 0.0459. The minimum Gasteiger partial charge on any atom is -0.393 e. The number of nitrogens with zero attached hydrogens (tertiary/aromatic N) is 1. The SMILES string of the molecule is COCCNC(=O)CN1CCCCC1CC(C)O. The normalized spacial score (nSPS) is 22.7. The summed E-state index contributed by atoms with van der Waals surface area (Å²) in [4.78, 5) is 13.9. The van der Waals surface area contributed by atoms with E-state index in [-0.39, 0.29) is 12.0 Å². The molecule has 1 rings (SSSR count). The molecular weight excluding hydrogens is 232 g/mol. The summed E-state index contributed by atoms with van der Waals surface area (Å²) in [6.07, 6.45) is 3.87. The fourth-order valence-corrected chi connectivity index (χ4v) is 2.46. The molecule has 5 heteroatoms. The highest BCUT2D eigenvalue weighted by atomic mass is 16.5. The van der Waals surface area contributed by atoms with E-state index in [1.807, 2.05) is 6.92 Å². The number of aliphatic hydroxyl groups is 1. The van der Waals surface area contributed by atoms with Gasteiger partial charge >= 0.3 is 0 Å². The molecule has 2 unspecified atom stereocenters. The molecule has 0 aromatic carbocycles. The highest BCUT2D eigenvalue weighted by Crippen LogP contribution is 2.20. The third-order valence-electron chi connectivity index (χ3n) is 3.34. The van der Waals surface area contributed by atoms with Gasteiger partial charge in [-0.2, -0.15) is 0 Å². The van der Waals surface area contributed by atoms with Crippen molar-refractivity contribution in [2.45, 2.75) is 44.8 Å². The average molecular weight is 258 g/mol. The second-order valence-electron chi connectivity index (χ2n) is 5.05. The van der Waals surface area contributed by atoms with Crippen molar-refractivity contribution in [3.8, 4) is 0 Å². The first-order valence-electron chi connectivity index (χ1n) is 6.81. The van der Waals surface area contributed by atoms with Crippen molar-refractivity contribution >= 4 is 5.91 Å². The minimum atomic E-state index is -0.299. The molecule has 1 heterocycles. The Hall–Kier alpha value is -0.650. The van der Waals surface area contributed by atoms with Gasteiger partial charge in [-0.3, -0.25) is 9.69 Å². The lowest BCUT2D eigenvalue weighted by Crippen LogP contribution is -2.46. The number of hydrogen-bond donors (Lipinski definition) is 2. The molecule has 2 N–H and O–H groups in total. The van der Waals surface area contributed by atoms with Crippen LogP contribution in [0.1, 0.15) is 32.6 Å². The van der Waals surface area contributed by atoms with Crippen molar-refractivity contribution in [2.75, 3.05) is 33.4 Å². The van der Waals surface area contributed by atoms with E-state index in [0.717, 1.165) is 25.8 Å². The van der Waals surface area contributed by atoms with Crippen molar-refractivity contribution in [3.63, 3.8) is 0 Å². The van der Waals surface area contributed by atoms with E-state index in [9.17, 15) is 9.90 Å². The Balaban J connectivity index is 2.34. The molecule has 5 nitrogen and oxygen atoms in total. The van der Waals surface area contributed by atoms with Crippen molar-refractivity contribution in [3.05, 3.63) is 0 Å². The van der Waals surface area contributed by atoms with Crippen LogP contribution >= 0.6 is 0 Å². The number of nitrogens with one attached hydrogen (secondary N) is 1. The molecule has 0 saturated carbocycles. The monoisotopic (exact) mass is 258 g/mol. The molecule has 0 aromatic heterocycles. The number of piperidine rings is 1. The zero-order valence-electron chi connectivity index (χ0n) is 11.5. The van der Waals surface area contributed by atoms with Gasteiger partial charge in [0.15, 0.2) is 0 Å². The second-order valence-corrected chi connectivity index (χ2v) is 5.05. The topological polar surface area (TPSA) is 61.8 Å². The van der Waals surface area contributed by atoms with Gasteiger partial charge in [-0.15, -0.1) is 0 Å². The van der Waals surface area contributed by atoms with E-state index in [2.05, 4.69) is 10.2 Å². The number of ether oxygens (including phenoxy) is 1. The molecule has 18 heavy (non-hydrogen) atoms. The van der Waals surface area contributed by atoms with Gasteiger partial charge < -0.3 is 15.2 Å². The van der Waals surface area contributed by atoms with E-state index < -0.39 is 0 Å². The van der Waals surface area contributed by atoms with Crippen LogP contribution in [-0.2, 0) is 9.53 Å². The molecule has 1 aliphatic heterocycles. The fraction of sp³-hybridized carbons (Fsp3) is 0.923. The lowest BCUT2D eigenvalue weighted by molar-refractivity contribution is -0.123. The summed E-state index contributed by atoms with van der Waals surface area (Å²) in [6.45, 7) is 4.30. The summed E-state index contributed by atoms with van der Waals surface area (Å²) < 4.78 is 4.89. The molecule has 2 atom stereocenters. The molecule has 0 bridgehead atoms. The Labute approximate surface area is 109 Å². The van der Waals surface area contributed by atoms with E-state index >= 15 is 0 Å². The van der Waals surface area contributed by atoms with Crippen LogP contribution in [0, 0.1) is 0 Å². The lowest BCUT2D eigenvalue weighted by Gasteiger charge is -2.35. The largest absolute Gasteiger partial charge is 0.393 e. The van der Waals surface area contributed by atoms with Gasteiger partial charge in [0, 0.05) is 19.7 Å². The Morgan fingerprint density at radius 1 is 1.56 bits per heavy atom. The van der Waals surface area contributed by atoms with E-state index in [1.54, 1.807) is 7.11 Å². The van der Waals surface area contributed by atoms with Crippen LogP contribution in [0.3, 0.4) is 0 Å². The number of methoxy groups -OCH3 is 1. The van der Waals surface area contributed by atoms with Crippen LogP contribution in [0.5, 0.6) is 0 Å². The molecule has 1 amide bonds. The smallest absolute Gasteiger partial charge is 0.234 e. The van der Waals surface area contributed by atoms with Crippen LogP contribution in [0.4, 0.5) is 0 Å². The summed E-state index contributed by atoms with van der Waals surface area (Å²) in [7, 11) is 1.62. The zero-order valence-corrected chi connectivity index (χ0v) is 11.5. The Bertz CT molecular complexity index is 246. The molecule has 1 fully saturated rings. The quantitative estimate of drug-likeness (QED) is 0.648. The van der Waals surface area contributed by atoms with E-state index in [0.29, 0.717) is 25.7 Å². The van der Waals surface area contributed by atoms with Gasteiger partial charge in [0.2, 0.25) is 5.91 Å². The number of likely N-dealkylation sites (tertiary alicyclic amines) is 1. The Morgan fingerprint density at radius 2 is 2.33 bits per heavy atom. The number of carbonyl (C=O) groups excluding carboxylic acids is 1. The van der Waals surface area contributed by atoms with Crippen molar-refractivity contribution in [1.82, 2.24) is 10.2 Å². The highest BCUT2D eigenvalue weighted by molar-refractivity contribution is 5.78. The standard InChI is InChI=1S/C13H26N2O3/c1-11(16)9-12-5-3-4-7-15(12)10-13(17)14-6-8-18-2/h11-12,16H,3-10H2,1-2H3,(H,14,17). The van der Waals surface area contributed by atoms with E-state index in [4.69, 9.17) is 4.74 Å². The Kier molecular flexibility index (Phi) is 7.23. The number of amides is 1. The summed E-state index contributed by atoms with van der Waals surface area (Å²) in [5.41, 5.74) is 0. The van der Waals surface area contributed by atoms with Gasteiger partial charge in [0.05, 0.1) is 19.3 Å². The highest BCUT2D eigenvalue weighted by Gasteiger charge is 2.25. The van der Waals surface area contributed by atoms with E-state index in [1.165, 1.54) is 6.42 Å². The van der Waals surface area contributed by atoms with Crippen LogP contribution in [0.25, 0.3) is 0 Å². The van der Waals surface area contributed by atoms with Gasteiger partial charge in [0.1, 0.15) is 0 Å². The Morgan fingerprint density at radius 3 is 3.00 bits per heavy atom.